The molecule has 1 aliphatic heterocycles. The van der Waals surface area contributed by atoms with E-state index in [-0.39, 0.29) is 12.0 Å². The van der Waals surface area contributed by atoms with Crippen LogP contribution in [-0.2, 0) is 0 Å². The number of carbonyl (C=O) groups is 1. The first-order valence-corrected chi connectivity index (χ1v) is 8.64. The van der Waals surface area contributed by atoms with Gasteiger partial charge in [-0.1, -0.05) is 0 Å². The van der Waals surface area contributed by atoms with E-state index in [4.69, 9.17) is 18.9 Å². The van der Waals surface area contributed by atoms with Crippen molar-refractivity contribution in [3.8, 4) is 23.0 Å². The lowest BCUT2D eigenvalue weighted by atomic mass is 10.2. The highest BCUT2D eigenvalue weighted by molar-refractivity contribution is 5.95. The van der Waals surface area contributed by atoms with Crippen molar-refractivity contribution >= 4 is 12.1 Å². The third kappa shape index (κ3) is 4.69. The predicted molar refractivity (Wildman–Crippen MR) is 101 cm³/mol. The summed E-state index contributed by atoms with van der Waals surface area (Å²) in [5.41, 5.74) is 3.71. The Morgan fingerprint density at radius 2 is 1.89 bits per heavy atom. The average Bonchev–Trinajstić information content (AvgIpc) is 2.67. The fourth-order valence-corrected chi connectivity index (χ4v) is 2.53. The van der Waals surface area contributed by atoms with Crippen LogP contribution in [0.4, 0.5) is 0 Å². The molecule has 1 heterocycles. The summed E-state index contributed by atoms with van der Waals surface area (Å²) in [5.74, 6) is 2.11. The predicted octanol–water partition coefficient (Wildman–Crippen LogP) is 3.02. The standard InChI is InChI=1S/C20H22N2O5/c1-13(2)27-17-7-5-15(11-18(17)24-3)20(23)22-21-12-14-4-6-16-19(10-14)26-9-8-25-16/h4-7,10-13H,8-9H2,1-3H3,(H,22,23)/b21-12-. The maximum atomic E-state index is 12.3. The smallest absolute Gasteiger partial charge is 0.271 e. The van der Waals surface area contributed by atoms with Crippen LogP contribution in [0.25, 0.3) is 0 Å². The van der Waals surface area contributed by atoms with E-state index in [1.165, 1.54) is 7.11 Å². The van der Waals surface area contributed by atoms with Crippen LogP contribution < -0.4 is 24.4 Å². The minimum Gasteiger partial charge on any atom is -0.493 e. The van der Waals surface area contributed by atoms with Crippen molar-refractivity contribution in [1.29, 1.82) is 0 Å². The van der Waals surface area contributed by atoms with Gasteiger partial charge in [-0.15, -0.1) is 0 Å². The van der Waals surface area contributed by atoms with E-state index in [0.717, 1.165) is 5.56 Å². The van der Waals surface area contributed by atoms with Crippen LogP contribution >= 0.6 is 0 Å². The SMILES string of the molecule is COc1cc(C(=O)N/N=C\c2ccc3c(c2)OCCO3)ccc1OC(C)C. The molecule has 0 aromatic heterocycles. The second-order valence-corrected chi connectivity index (χ2v) is 6.13. The third-order valence-corrected chi connectivity index (χ3v) is 3.73. The summed E-state index contributed by atoms with van der Waals surface area (Å²) in [6.45, 7) is 4.91. The van der Waals surface area contributed by atoms with Crippen molar-refractivity contribution in [3.05, 3.63) is 47.5 Å². The first-order valence-electron chi connectivity index (χ1n) is 8.64. The van der Waals surface area contributed by atoms with E-state index in [1.54, 1.807) is 24.4 Å². The first kappa shape index (κ1) is 18.6. The number of amides is 1. The van der Waals surface area contributed by atoms with Crippen LogP contribution in [0.1, 0.15) is 29.8 Å². The molecule has 3 rings (SSSR count). The normalized spacial score (nSPS) is 12.9. The molecule has 0 saturated heterocycles. The number of nitrogens with zero attached hydrogens (tertiary/aromatic N) is 1. The molecule has 7 nitrogen and oxygen atoms in total. The molecule has 2 aromatic carbocycles. The Labute approximate surface area is 157 Å². The molecule has 0 unspecified atom stereocenters. The van der Waals surface area contributed by atoms with Gasteiger partial charge in [0.15, 0.2) is 23.0 Å². The van der Waals surface area contributed by atoms with Crippen LogP contribution in [0.2, 0.25) is 0 Å². The summed E-state index contributed by atoms with van der Waals surface area (Å²) in [7, 11) is 1.53. The van der Waals surface area contributed by atoms with Crippen molar-refractivity contribution in [3.63, 3.8) is 0 Å². The number of hydrogen-bond acceptors (Lipinski definition) is 6. The van der Waals surface area contributed by atoms with E-state index < -0.39 is 0 Å². The molecular formula is C20H22N2O5. The van der Waals surface area contributed by atoms with Gasteiger partial charge in [-0.2, -0.15) is 5.10 Å². The van der Waals surface area contributed by atoms with Gasteiger partial charge in [0, 0.05) is 5.56 Å². The lowest BCUT2D eigenvalue weighted by molar-refractivity contribution is 0.0954. The molecule has 0 saturated carbocycles. The number of benzene rings is 2. The highest BCUT2D eigenvalue weighted by Crippen LogP contribution is 2.30. The first-order chi connectivity index (χ1) is 13.1. The molecular weight excluding hydrogens is 348 g/mol. The number of hydrazone groups is 1. The lowest BCUT2D eigenvalue weighted by Crippen LogP contribution is -2.18. The van der Waals surface area contributed by atoms with Gasteiger partial charge in [-0.25, -0.2) is 5.43 Å². The van der Waals surface area contributed by atoms with Crippen molar-refractivity contribution in [2.24, 2.45) is 5.10 Å². The minimum absolute atomic E-state index is 0.00849. The van der Waals surface area contributed by atoms with E-state index in [9.17, 15) is 4.79 Å². The van der Waals surface area contributed by atoms with Crippen LogP contribution in [0.15, 0.2) is 41.5 Å². The molecule has 0 aliphatic carbocycles. The highest BCUT2D eigenvalue weighted by Gasteiger charge is 2.13. The molecule has 1 aliphatic rings. The third-order valence-electron chi connectivity index (χ3n) is 3.73. The largest absolute Gasteiger partial charge is 0.493 e. The number of fused-ring (bicyclic) bond motifs is 1. The van der Waals surface area contributed by atoms with E-state index >= 15 is 0 Å². The van der Waals surface area contributed by atoms with Gasteiger partial charge >= 0.3 is 0 Å². The van der Waals surface area contributed by atoms with Crippen LogP contribution in [0.5, 0.6) is 23.0 Å². The zero-order chi connectivity index (χ0) is 19.2. The minimum atomic E-state index is -0.349. The lowest BCUT2D eigenvalue weighted by Gasteiger charge is -2.18. The second-order valence-electron chi connectivity index (χ2n) is 6.13. The van der Waals surface area contributed by atoms with Crippen LogP contribution in [0.3, 0.4) is 0 Å². The Morgan fingerprint density at radius 3 is 2.63 bits per heavy atom. The second kappa shape index (κ2) is 8.44. The molecule has 0 atom stereocenters. The van der Waals surface area contributed by atoms with Gasteiger partial charge in [0.25, 0.3) is 5.91 Å². The van der Waals surface area contributed by atoms with E-state index in [0.29, 0.717) is 41.8 Å². The van der Waals surface area contributed by atoms with Crippen molar-refractivity contribution in [2.45, 2.75) is 20.0 Å². The monoisotopic (exact) mass is 370 g/mol. The zero-order valence-corrected chi connectivity index (χ0v) is 15.5. The molecule has 1 amide bonds. The zero-order valence-electron chi connectivity index (χ0n) is 15.5. The van der Waals surface area contributed by atoms with Gasteiger partial charge in [-0.05, 0) is 55.8 Å². The Hall–Kier alpha value is -3.22. The topological polar surface area (TPSA) is 78.4 Å². The Bertz CT molecular complexity index is 848. The summed E-state index contributed by atoms with van der Waals surface area (Å²) in [6.07, 6.45) is 1.55. The van der Waals surface area contributed by atoms with Crippen molar-refractivity contribution in [2.75, 3.05) is 20.3 Å². The highest BCUT2D eigenvalue weighted by atomic mass is 16.6. The van der Waals surface area contributed by atoms with E-state index in [1.807, 2.05) is 32.0 Å². The van der Waals surface area contributed by atoms with Gasteiger partial charge < -0.3 is 18.9 Å². The number of ether oxygens (including phenoxy) is 4. The quantitative estimate of drug-likeness (QED) is 0.625. The molecule has 0 fully saturated rings. The van der Waals surface area contributed by atoms with Gasteiger partial charge in [-0.3, -0.25) is 4.79 Å². The Kier molecular flexibility index (Phi) is 5.80. The van der Waals surface area contributed by atoms with E-state index in [2.05, 4.69) is 10.5 Å². The number of carbonyl (C=O) groups excluding carboxylic acids is 1. The van der Waals surface area contributed by atoms with Crippen LogP contribution in [0, 0.1) is 0 Å². The summed E-state index contributed by atoms with van der Waals surface area (Å²) >= 11 is 0. The fraction of sp³-hybridized carbons (Fsp3) is 0.300. The summed E-state index contributed by atoms with van der Waals surface area (Å²) in [4.78, 5) is 12.3. The molecule has 142 valence electrons. The van der Waals surface area contributed by atoms with Gasteiger partial charge in [0.1, 0.15) is 13.2 Å². The molecule has 2 aromatic rings. The number of nitrogens with one attached hydrogen (secondary N) is 1. The fourth-order valence-electron chi connectivity index (χ4n) is 2.53. The molecule has 1 N–H and O–H groups in total. The maximum absolute atomic E-state index is 12.3. The van der Waals surface area contributed by atoms with Crippen LogP contribution in [-0.4, -0.2) is 38.5 Å². The molecule has 27 heavy (non-hydrogen) atoms. The van der Waals surface area contributed by atoms with Crippen molar-refractivity contribution in [1.82, 2.24) is 5.43 Å². The molecule has 7 heteroatoms. The summed E-state index contributed by atoms with van der Waals surface area (Å²) < 4.78 is 21.9. The average molecular weight is 370 g/mol. The van der Waals surface area contributed by atoms with Gasteiger partial charge in [0.05, 0.1) is 19.4 Å². The summed E-state index contributed by atoms with van der Waals surface area (Å²) in [5, 5.41) is 4.00. The summed E-state index contributed by atoms with van der Waals surface area (Å²) in [6, 6.07) is 10.4. The number of rotatable bonds is 6. The maximum Gasteiger partial charge on any atom is 0.271 e. The molecule has 0 bridgehead atoms. The number of methoxy groups -OCH3 is 1. The Balaban J connectivity index is 1.66. The Morgan fingerprint density at radius 1 is 1.11 bits per heavy atom. The molecule has 0 radical (unpaired) electrons. The van der Waals surface area contributed by atoms with Gasteiger partial charge in [0.2, 0.25) is 0 Å². The number of hydrogen-bond donors (Lipinski definition) is 1. The molecule has 0 spiro atoms. The van der Waals surface area contributed by atoms with Crippen molar-refractivity contribution < 1.29 is 23.7 Å².